The maximum Gasteiger partial charge on any atom is 0.234 e. The number of thioether (sulfide) groups is 1. The summed E-state index contributed by atoms with van der Waals surface area (Å²) in [6, 6.07) is 24.2. The zero-order valence-electron chi connectivity index (χ0n) is 16.9. The summed E-state index contributed by atoms with van der Waals surface area (Å²) >= 11 is 1.36. The van der Waals surface area contributed by atoms with Gasteiger partial charge in [0.05, 0.1) is 5.75 Å². The normalized spacial score (nSPS) is 10.7. The molecule has 0 unspecified atom stereocenters. The van der Waals surface area contributed by atoms with Gasteiger partial charge in [0.1, 0.15) is 6.33 Å². The fourth-order valence-corrected chi connectivity index (χ4v) is 3.81. The zero-order chi connectivity index (χ0) is 20.9. The Kier molecular flexibility index (Phi) is 5.95. The molecule has 150 valence electrons. The monoisotopic (exact) mass is 414 g/mol. The van der Waals surface area contributed by atoms with E-state index < -0.39 is 0 Å². The highest BCUT2D eigenvalue weighted by atomic mass is 32.2. The maximum absolute atomic E-state index is 12.4. The van der Waals surface area contributed by atoms with Crippen molar-refractivity contribution in [1.82, 2.24) is 14.8 Å². The summed E-state index contributed by atoms with van der Waals surface area (Å²) in [6.07, 6.45) is 1.67. The van der Waals surface area contributed by atoms with Crippen molar-refractivity contribution in [1.29, 1.82) is 0 Å². The van der Waals surface area contributed by atoms with Crippen molar-refractivity contribution < 1.29 is 4.79 Å². The van der Waals surface area contributed by atoms with E-state index in [1.807, 2.05) is 53.1 Å². The molecular weight excluding hydrogens is 392 g/mol. The molecule has 4 aromatic rings. The molecule has 0 saturated carbocycles. The largest absolute Gasteiger partial charge is 0.325 e. The van der Waals surface area contributed by atoms with Gasteiger partial charge in [-0.3, -0.25) is 9.36 Å². The van der Waals surface area contributed by atoms with Gasteiger partial charge in [0, 0.05) is 11.4 Å². The maximum atomic E-state index is 12.4. The van der Waals surface area contributed by atoms with Gasteiger partial charge in [-0.25, -0.2) is 0 Å². The summed E-state index contributed by atoms with van der Waals surface area (Å²) in [7, 11) is 0. The number of hydrogen-bond acceptors (Lipinski definition) is 4. The van der Waals surface area contributed by atoms with E-state index in [2.05, 4.69) is 53.6 Å². The number of hydrogen-bond donors (Lipinski definition) is 1. The summed E-state index contributed by atoms with van der Waals surface area (Å²) in [5.74, 6) is 0.173. The highest BCUT2D eigenvalue weighted by Crippen LogP contribution is 2.23. The molecule has 6 heteroatoms. The molecule has 1 N–H and O–H groups in total. The molecule has 1 aromatic heterocycles. The first kappa shape index (κ1) is 19.9. The average molecular weight is 415 g/mol. The van der Waals surface area contributed by atoms with Gasteiger partial charge in [-0.15, -0.1) is 10.2 Å². The fraction of sp³-hybridized carbons (Fsp3) is 0.125. The topological polar surface area (TPSA) is 59.8 Å². The standard InChI is InChI=1S/C24H22N4OS/c1-17-8-13-22(14-18(17)2)28-16-25-27-24(28)30-15-23(29)26-21-11-9-20(10-12-21)19-6-4-3-5-7-19/h3-14,16H,15H2,1-2H3,(H,26,29). The number of benzene rings is 3. The number of nitrogens with zero attached hydrogens (tertiary/aromatic N) is 3. The molecule has 0 spiro atoms. The highest BCUT2D eigenvalue weighted by molar-refractivity contribution is 7.99. The van der Waals surface area contributed by atoms with E-state index in [0.717, 1.165) is 22.5 Å². The van der Waals surface area contributed by atoms with Crippen LogP contribution in [0.25, 0.3) is 16.8 Å². The predicted octanol–water partition coefficient (Wildman–Crippen LogP) is 5.28. The minimum atomic E-state index is -0.0814. The van der Waals surface area contributed by atoms with Gasteiger partial charge < -0.3 is 5.32 Å². The van der Waals surface area contributed by atoms with Crippen LogP contribution >= 0.6 is 11.8 Å². The first-order valence-electron chi connectivity index (χ1n) is 9.66. The second kappa shape index (κ2) is 8.97. The molecular formula is C24H22N4OS. The molecule has 1 heterocycles. The quantitative estimate of drug-likeness (QED) is 0.436. The molecule has 3 aromatic carbocycles. The van der Waals surface area contributed by atoms with Crippen LogP contribution in [0.1, 0.15) is 11.1 Å². The minimum Gasteiger partial charge on any atom is -0.325 e. The lowest BCUT2D eigenvalue weighted by Gasteiger charge is -2.09. The molecule has 30 heavy (non-hydrogen) atoms. The highest BCUT2D eigenvalue weighted by Gasteiger charge is 2.11. The third kappa shape index (κ3) is 4.60. The number of anilines is 1. The van der Waals surface area contributed by atoms with Gasteiger partial charge >= 0.3 is 0 Å². The fourth-order valence-electron chi connectivity index (χ4n) is 3.08. The first-order valence-corrected chi connectivity index (χ1v) is 10.6. The van der Waals surface area contributed by atoms with Gasteiger partial charge in [0.2, 0.25) is 5.91 Å². The Bertz CT molecular complexity index is 1150. The number of amides is 1. The summed E-state index contributed by atoms with van der Waals surface area (Å²) in [6.45, 7) is 4.16. The second-order valence-corrected chi connectivity index (χ2v) is 7.97. The van der Waals surface area contributed by atoms with E-state index in [1.165, 1.54) is 22.9 Å². The molecule has 0 radical (unpaired) electrons. The van der Waals surface area contributed by atoms with Crippen LogP contribution in [0.3, 0.4) is 0 Å². The van der Waals surface area contributed by atoms with Gasteiger partial charge in [-0.05, 0) is 60.4 Å². The van der Waals surface area contributed by atoms with Gasteiger partial charge in [-0.1, -0.05) is 60.3 Å². The summed E-state index contributed by atoms with van der Waals surface area (Å²) in [5.41, 5.74) is 6.46. The average Bonchev–Trinajstić information content (AvgIpc) is 3.24. The van der Waals surface area contributed by atoms with Gasteiger partial charge in [-0.2, -0.15) is 0 Å². The van der Waals surface area contributed by atoms with E-state index in [4.69, 9.17) is 0 Å². The SMILES string of the molecule is Cc1ccc(-n2cnnc2SCC(=O)Nc2ccc(-c3ccccc3)cc2)cc1C. The van der Waals surface area contributed by atoms with Crippen LogP contribution in [0.5, 0.6) is 0 Å². The number of aromatic nitrogens is 3. The Hall–Kier alpha value is -3.38. The van der Waals surface area contributed by atoms with Gasteiger partial charge in [0.15, 0.2) is 5.16 Å². The number of aryl methyl sites for hydroxylation is 2. The number of nitrogens with one attached hydrogen (secondary N) is 1. The predicted molar refractivity (Wildman–Crippen MR) is 122 cm³/mol. The van der Waals surface area contributed by atoms with E-state index in [-0.39, 0.29) is 11.7 Å². The number of carbonyl (C=O) groups is 1. The second-order valence-electron chi connectivity index (χ2n) is 7.03. The molecule has 1 amide bonds. The molecule has 5 nitrogen and oxygen atoms in total. The van der Waals surface area contributed by atoms with E-state index in [1.54, 1.807) is 6.33 Å². The van der Waals surface area contributed by atoms with E-state index in [9.17, 15) is 4.79 Å². The first-order chi connectivity index (χ1) is 14.6. The lowest BCUT2D eigenvalue weighted by atomic mass is 10.1. The molecule has 0 aliphatic heterocycles. The molecule has 0 aliphatic rings. The van der Waals surface area contributed by atoms with Crippen molar-refractivity contribution in [2.75, 3.05) is 11.1 Å². The third-order valence-electron chi connectivity index (χ3n) is 4.89. The van der Waals surface area contributed by atoms with Crippen molar-refractivity contribution in [2.45, 2.75) is 19.0 Å². The molecule has 0 aliphatic carbocycles. The third-order valence-corrected chi connectivity index (χ3v) is 5.84. The smallest absolute Gasteiger partial charge is 0.234 e. The Labute approximate surface area is 180 Å². The van der Waals surface area contributed by atoms with Crippen LogP contribution < -0.4 is 5.32 Å². The van der Waals surface area contributed by atoms with Crippen LogP contribution in [0.15, 0.2) is 84.3 Å². The van der Waals surface area contributed by atoms with Gasteiger partial charge in [0.25, 0.3) is 0 Å². The molecule has 0 bridgehead atoms. The van der Waals surface area contributed by atoms with E-state index >= 15 is 0 Å². The number of rotatable bonds is 6. The van der Waals surface area contributed by atoms with Crippen LogP contribution in [-0.2, 0) is 4.79 Å². The van der Waals surface area contributed by atoms with Crippen molar-refractivity contribution in [3.8, 4) is 16.8 Å². The summed E-state index contributed by atoms with van der Waals surface area (Å²) in [5, 5.41) is 11.8. The Balaban J connectivity index is 1.38. The number of carbonyl (C=O) groups excluding carboxylic acids is 1. The summed E-state index contributed by atoms with van der Waals surface area (Å²) in [4.78, 5) is 12.4. The van der Waals surface area contributed by atoms with E-state index in [0.29, 0.717) is 5.16 Å². The lowest BCUT2D eigenvalue weighted by molar-refractivity contribution is -0.113. The summed E-state index contributed by atoms with van der Waals surface area (Å²) < 4.78 is 1.90. The molecule has 0 saturated heterocycles. The van der Waals surface area contributed by atoms with Crippen molar-refractivity contribution in [2.24, 2.45) is 0 Å². The molecule has 0 atom stereocenters. The molecule has 0 fully saturated rings. The van der Waals surface area contributed by atoms with Crippen LogP contribution in [0.4, 0.5) is 5.69 Å². The zero-order valence-corrected chi connectivity index (χ0v) is 17.7. The Morgan fingerprint density at radius 3 is 2.40 bits per heavy atom. The molecule has 4 rings (SSSR count). The van der Waals surface area contributed by atoms with Crippen molar-refractivity contribution in [3.63, 3.8) is 0 Å². The van der Waals surface area contributed by atoms with Crippen LogP contribution in [0, 0.1) is 13.8 Å². The Morgan fingerprint density at radius 2 is 1.67 bits per heavy atom. The lowest BCUT2D eigenvalue weighted by Crippen LogP contribution is -2.14. The van der Waals surface area contributed by atoms with Crippen LogP contribution in [-0.4, -0.2) is 26.4 Å². The van der Waals surface area contributed by atoms with Crippen molar-refractivity contribution in [3.05, 3.63) is 90.3 Å². The Morgan fingerprint density at radius 1 is 0.933 bits per heavy atom. The van der Waals surface area contributed by atoms with Crippen molar-refractivity contribution >= 4 is 23.4 Å². The van der Waals surface area contributed by atoms with Crippen LogP contribution in [0.2, 0.25) is 0 Å². The minimum absolute atomic E-state index is 0.0814.